The highest BCUT2D eigenvalue weighted by Gasteiger charge is 2.30. The first kappa shape index (κ1) is 91.2. The summed E-state index contributed by atoms with van der Waals surface area (Å²) in [7, 11) is -9.98. The molecule has 0 aromatic heterocycles. The van der Waals surface area contributed by atoms with Crippen LogP contribution in [0.4, 0.5) is 0 Å². The third-order valence-electron chi connectivity index (χ3n) is 14.6. The van der Waals surface area contributed by atoms with Gasteiger partial charge in [-0.05, 0) is 122 Å². The van der Waals surface area contributed by atoms with Gasteiger partial charge in [-0.15, -0.1) is 0 Å². The molecule has 0 aliphatic carbocycles. The maximum atomic E-state index is 13.0. The van der Waals surface area contributed by atoms with Gasteiger partial charge >= 0.3 is 39.5 Å². The van der Waals surface area contributed by atoms with Crippen molar-refractivity contribution >= 4 is 39.5 Å². The lowest BCUT2D eigenvalue weighted by Crippen LogP contribution is -2.30. The molecular formula is C77H128O17P2. The number of aliphatic hydroxyl groups is 1. The van der Waals surface area contributed by atoms with Gasteiger partial charge in [0.25, 0.3) is 0 Å². The standard InChI is InChI=1S/C77H128O17P2/c1-5-9-13-17-21-25-29-32-35-38-42-45-49-53-57-61-74(79)87-67-72(93-76(81)63-59-55-51-47-41-28-24-20-16-12-8-4)69-91-95(83,84)89-65-71(78)66-90-96(85,86)92-70-73(94-77(82)64-60-56-52-48-44-40-37-34-31-27-23-19-15-11-7-3)68-88-75(80)62-58-54-50-46-43-39-36-33-30-26-22-18-14-10-6-2/h9-10,13-14,21-23,25-27,32-37,42-43,45-46,54,58,71-73,78H,5-8,11-12,15-20,24,28-31,38-41,44,47-53,55-57,59-70H2,1-4H3,(H,83,84)(H,85,86)/b13-9-,14-10-,25-21-,26-22-,27-23-,35-32-,36-33-,37-34-,45-42-,46-43-,58-54-. The molecule has 548 valence electrons. The number of allylic oxidation sites excluding steroid dienone is 21. The van der Waals surface area contributed by atoms with Gasteiger partial charge < -0.3 is 33.8 Å². The Morgan fingerprint density at radius 3 is 0.969 bits per heavy atom. The van der Waals surface area contributed by atoms with Gasteiger partial charge in [0.05, 0.1) is 32.8 Å². The largest absolute Gasteiger partial charge is 0.472 e. The molecule has 5 atom stereocenters. The van der Waals surface area contributed by atoms with Crippen molar-refractivity contribution in [3.8, 4) is 0 Å². The third kappa shape index (κ3) is 67.8. The summed E-state index contributed by atoms with van der Waals surface area (Å²) >= 11 is 0. The minimum absolute atomic E-state index is 0.0558. The summed E-state index contributed by atoms with van der Waals surface area (Å²) < 4.78 is 68.1. The van der Waals surface area contributed by atoms with Gasteiger partial charge in [-0.1, -0.05) is 258 Å². The van der Waals surface area contributed by atoms with Crippen molar-refractivity contribution < 1.29 is 80.2 Å². The molecule has 0 aliphatic heterocycles. The molecule has 0 saturated heterocycles. The Morgan fingerprint density at radius 1 is 0.312 bits per heavy atom. The molecular weight excluding hydrogens is 1260 g/mol. The van der Waals surface area contributed by atoms with E-state index < -0.39 is 97.5 Å². The highest BCUT2D eigenvalue weighted by Crippen LogP contribution is 2.45. The monoisotopic (exact) mass is 1390 g/mol. The van der Waals surface area contributed by atoms with E-state index in [0.29, 0.717) is 25.7 Å². The number of hydrogen-bond acceptors (Lipinski definition) is 15. The number of phosphoric ester groups is 2. The Balaban J connectivity index is 5.45. The number of unbranched alkanes of at least 4 members (excludes halogenated alkanes) is 20. The lowest BCUT2D eigenvalue weighted by molar-refractivity contribution is -0.161. The number of ether oxygens (including phenoxy) is 4. The molecule has 0 aliphatic rings. The van der Waals surface area contributed by atoms with E-state index in [9.17, 15) is 43.2 Å². The fourth-order valence-electron chi connectivity index (χ4n) is 9.14. The van der Waals surface area contributed by atoms with Crippen molar-refractivity contribution in [1.29, 1.82) is 0 Å². The van der Waals surface area contributed by atoms with E-state index in [1.165, 1.54) is 57.8 Å². The van der Waals surface area contributed by atoms with Crippen LogP contribution in [0.5, 0.6) is 0 Å². The van der Waals surface area contributed by atoms with Crippen molar-refractivity contribution in [2.24, 2.45) is 0 Å². The van der Waals surface area contributed by atoms with Gasteiger partial charge in [0.15, 0.2) is 12.2 Å². The lowest BCUT2D eigenvalue weighted by Gasteiger charge is -2.21. The lowest BCUT2D eigenvalue weighted by atomic mass is 10.1. The van der Waals surface area contributed by atoms with Crippen LogP contribution in [0.15, 0.2) is 134 Å². The van der Waals surface area contributed by atoms with Crippen molar-refractivity contribution in [2.75, 3.05) is 39.6 Å². The Kier molecular flexibility index (Phi) is 65.3. The maximum absolute atomic E-state index is 13.0. The van der Waals surface area contributed by atoms with Crippen LogP contribution < -0.4 is 0 Å². The predicted octanol–water partition coefficient (Wildman–Crippen LogP) is 20.5. The zero-order chi connectivity index (χ0) is 70.4. The van der Waals surface area contributed by atoms with Crippen LogP contribution in [-0.4, -0.2) is 96.7 Å². The van der Waals surface area contributed by atoms with Gasteiger partial charge in [0.1, 0.15) is 19.3 Å². The van der Waals surface area contributed by atoms with Crippen LogP contribution in [0.25, 0.3) is 0 Å². The van der Waals surface area contributed by atoms with Crippen LogP contribution in [0.2, 0.25) is 0 Å². The molecule has 0 fully saturated rings. The van der Waals surface area contributed by atoms with Crippen molar-refractivity contribution in [3.05, 3.63) is 134 Å². The number of carbonyl (C=O) groups excluding carboxylic acids is 4. The SMILES string of the molecule is CC/C=C\C/C=C\C/C=C\C/C=C\C/C=C\CC(=O)OCC(COP(=O)(O)OCC(O)COP(=O)(O)OCC(COC(=O)CCCC/C=C\C/C=C\C/C=C\C/C=C\CC)OC(=O)CCCCCCCCCCCCC)OC(=O)CCCCCCC/C=C\C/C=C\CCCCC. The van der Waals surface area contributed by atoms with Crippen molar-refractivity contribution in [3.63, 3.8) is 0 Å². The van der Waals surface area contributed by atoms with Crippen LogP contribution in [0.3, 0.4) is 0 Å². The van der Waals surface area contributed by atoms with Crippen LogP contribution in [0.1, 0.15) is 272 Å². The van der Waals surface area contributed by atoms with Gasteiger partial charge in [-0.3, -0.25) is 37.3 Å². The van der Waals surface area contributed by atoms with Crippen LogP contribution in [-0.2, 0) is 65.4 Å². The quantitative estimate of drug-likeness (QED) is 0.0169. The summed E-state index contributed by atoms with van der Waals surface area (Å²) in [5, 5.41) is 10.6. The van der Waals surface area contributed by atoms with E-state index in [4.69, 9.17) is 37.0 Å². The van der Waals surface area contributed by atoms with Crippen molar-refractivity contribution in [1.82, 2.24) is 0 Å². The number of aliphatic hydroxyl groups excluding tert-OH is 1. The van der Waals surface area contributed by atoms with E-state index in [1.807, 2.05) is 18.2 Å². The van der Waals surface area contributed by atoms with Gasteiger partial charge in [0, 0.05) is 19.3 Å². The van der Waals surface area contributed by atoms with Gasteiger partial charge in [0.2, 0.25) is 0 Å². The average molecular weight is 1390 g/mol. The Hall–Kier alpha value is -4.80. The molecule has 96 heavy (non-hydrogen) atoms. The Bertz CT molecular complexity index is 2350. The highest BCUT2D eigenvalue weighted by molar-refractivity contribution is 7.47. The molecule has 0 amide bonds. The van der Waals surface area contributed by atoms with Crippen molar-refractivity contribution in [2.45, 2.75) is 290 Å². The molecule has 0 saturated carbocycles. The molecule has 0 rings (SSSR count). The second kappa shape index (κ2) is 68.7. The summed E-state index contributed by atoms with van der Waals surface area (Å²) in [6, 6.07) is 0. The summed E-state index contributed by atoms with van der Waals surface area (Å²) in [6.45, 7) is 4.41. The third-order valence-corrected chi connectivity index (χ3v) is 16.5. The number of esters is 4. The van der Waals surface area contributed by atoms with E-state index in [2.05, 4.69) is 137 Å². The molecule has 3 N–H and O–H groups in total. The van der Waals surface area contributed by atoms with E-state index >= 15 is 0 Å². The highest BCUT2D eigenvalue weighted by atomic mass is 31.2. The van der Waals surface area contributed by atoms with E-state index in [1.54, 1.807) is 6.08 Å². The molecule has 0 spiro atoms. The van der Waals surface area contributed by atoms with E-state index in [-0.39, 0.29) is 25.7 Å². The summed E-state index contributed by atoms with van der Waals surface area (Å²) in [6.07, 6.45) is 74.9. The first-order chi connectivity index (χ1) is 46.7. The predicted molar refractivity (Wildman–Crippen MR) is 390 cm³/mol. The molecule has 0 aromatic carbocycles. The number of hydrogen-bond donors (Lipinski definition) is 3. The Labute approximate surface area is 580 Å². The minimum Gasteiger partial charge on any atom is -0.462 e. The zero-order valence-corrected chi connectivity index (χ0v) is 61.3. The molecule has 0 radical (unpaired) electrons. The van der Waals surface area contributed by atoms with Gasteiger partial charge in [-0.25, -0.2) is 9.13 Å². The Morgan fingerprint density at radius 2 is 0.583 bits per heavy atom. The first-order valence-electron chi connectivity index (χ1n) is 36.4. The molecule has 0 heterocycles. The van der Waals surface area contributed by atoms with Crippen LogP contribution in [0, 0.1) is 0 Å². The fourth-order valence-corrected chi connectivity index (χ4v) is 10.7. The number of carbonyl (C=O) groups is 4. The minimum atomic E-state index is -5.00. The number of phosphoric acid groups is 2. The molecule has 0 bridgehead atoms. The second-order valence-electron chi connectivity index (χ2n) is 23.8. The average Bonchev–Trinajstić information content (AvgIpc) is 1.09. The maximum Gasteiger partial charge on any atom is 0.472 e. The number of rotatable bonds is 67. The van der Waals surface area contributed by atoms with Gasteiger partial charge in [-0.2, -0.15) is 0 Å². The summed E-state index contributed by atoms with van der Waals surface area (Å²) in [5.74, 6) is -2.39. The molecule has 0 aromatic rings. The van der Waals surface area contributed by atoms with E-state index in [0.717, 1.165) is 135 Å². The zero-order valence-electron chi connectivity index (χ0n) is 59.5. The topological polar surface area (TPSA) is 237 Å². The second-order valence-corrected chi connectivity index (χ2v) is 26.7. The van der Waals surface area contributed by atoms with Crippen LogP contribution >= 0.6 is 15.6 Å². The first-order valence-corrected chi connectivity index (χ1v) is 39.4. The molecule has 17 nitrogen and oxygen atoms in total. The summed E-state index contributed by atoms with van der Waals surface area (Å²) in [4.78, 5) is 72.6. The molecule has 5 unspecified atom stereocenters. The summed E-state index contributed by atoms with van der Waals surface area (Å²) in [5.41, 5.74) is 0. The molecule has 19 heteroatoms. The fraction of sp³-hybridized carbons (Fsp3) is 0.662. The smallest absolute Gasteiger partial charge is 0.462 e. The normalized spacial score (nSPS) is 14.8.